The first-order valence-electron chi connectivity index (χ1n) is 10.2. The lowest BCUT2D eigenvalue weighted by Gasteiger charge is -2.14. The minimum atomic E-state index is -0.284. The molecule has 1 heterocycles. The normalized spacial score (nSPS) is 11.0. The Labute approximate surface area is 186 Å². The first-order chi connectivity index (χ1) is 14.9. The summed E-state index contributed by atoms with van der Waals surface area (Å²) in [6.45, 7) is 6.08. The molecule has 1 amide bonds. The second kappa shape index (κ2) is 10.6. The number of amides is 1. The topological polar surface area (TPSA) is 62.2 Å². The standard InChI is InChI=1S/C25H27FN2O2S/c1-16(2)15-31-23-9-8-19(24-20(14-29)5-4-10-27-24)12-21(23)25(30)28-13-18-7-6-17(3)22(26)11-18/h4-12,16,29H,13-15H2,1-3H3,(H,28,30). The number of carbonyl (C=O) groups is 1. The fraction of sp³-hybridized carbons (Fsp3) is 0.280. The van der Waals surface area contributed by atoms with Crippen molar-refractivity contribution in [2.24, 2.45) is 5.92 Å². The van der Waals surface area contributed by atoms with Crippen molar-refractivity contribution in [3.63, 3.8) is 0 Å². The number of nitrogens with one attached hydrogen (secondary N) is 1. The molecule has 0 bridgehead atoms. The van der Waals surface area contributed by atoms with Crippen LogP contribution in [0.2, 0.25) is 0 Å². The fourth-order valence-corrected chi connectivity index (χ4v) is 4.07. The Morgan fingerprint density at radius 1 is 1.19 bits per heavy atom. The van der Waals surface area contributed by atoms with Gasteiger partial charge in [0.25, 0.3) is 5.91 Å². The van der Waals surface area contributed by atoms with Crippen LogP contribution in [0.15, 0.2) is 59.6 Å². The number of nitrogens with zero attached hydrogens (tertiary/aromatic N) is 1. The molecular weight excluding hydrogens is 411 g/mol. The Morgan fingerprint density at radius 3 is 2.71 bits per heavy atom. The van der Waals surface area contributed by atoms with E-state index in [9.17, 15) is 14.3 Å². The van der Waals surface area contributed by atoms with Gasteiger partial charge in [-0.25, -0.2) is 4.39 Å². The molecule has 0 saturated carbocycles. The molecule has 4 nitrogen and oxygen atoms in total. The van der Waals surface area contributed by atoms with E-state index < -0.39 is 0 Å². The monoisotopic (exact) mass is 438 g/mol. The van der Waals surface area contributed by atoms with E-state index in [1.165, 1.54) is 6.07 Å². The highest BCUT2D eigenvalue weighted by atomic mass is 32.2. The van der Waals surface area contributed by atoms with Crippen LogP contribution in [0, 0.1) is 18.7 Å². The van der Waals surface area contributed by atoms with Gasteiger partial charge in [-0.2, -0.15) is 0 Å². The van der Waals surface area contributed by atoms with Gasteiger partial charge in [0.15, 0.2) is 0 Å². The van der Waals surface area contributed by atoms with Gasteiger partial charge >= 0.3 is 0 Å². The summed E-state index contributed by atoms with van der Waals surface area (Å²) in [7, 11) is 0. The number of rotatable bonds is 8. The fourth-order valence-electron chi connectivity index (χ4n) is 3.09. The summed E-state index contributed by atoms with van der Waals surface area (Å²) in [6.07, 6.45) is 1.67. The molecule has 0 radical (unpaired) electrons. The van der Waals surface area contributed by atoms with Gasteiger partial charge in [-0.3, -0.25) is 9.78 Å². The summed E-state index contributed by atoms with van der Waals surface area (Å²) in [5.41, 5.74) is 3.95. The number of benzene rings is 2. The first kappa shape index (κ1) is 23.0. The van der Waals surface area contributed by atoms with Crippen LogP contribution in [-0.2, 0) is 13.2 Å². The third kappa shape index (κ3) is 5.93. The molecule has 0 fully saturated rings. The van der Waals surface area contributed by atoms with Crippen molar-refractivity contribution in [2.45, 2.75) is 38.8 Å². The molecule has 6 heteroatoms. The number of hydrogen-bond acceptors (Lipinski definition) is 4. The molecule has 3 aromatic rings. The second-order valence-electron chi connectivity index (χ2n) is 7.85. The lowest BCUT2D eigenvalue weighted by atomic mass is 10.0. The van der Waals surface area contributed by atoms with Crippen molar-refractivity contribution in [2.75, 3.05) is 5.75 Å². The third-order valence-electron chi connectivity index (χ3n) is 4.82. The van der Waals surface area contributed by atoms with Crippen LogP contribution in [0.3, 0.4) is 0 Å². The van der Waals surface area contributed by atoms with E-state index in [4.69, 9.17) is 0 Å². The maximum Gasteiger partial charge on any atom is 0.252 e. The van der Waals surface area contributed by atoms with E-state index in [1.54, 1.807) is 37.0 Å². The van der Waals surface area contributed by atoms with Crippen LogP contribution in [0.25, 0.3) is 11.3 Å². The predicted molar refractivity (Wildman–Crippen MR) is 123 cm³/mol. The van der Waals surface area contributed by atoms with E-state index in [1.807, 2.05) is 30.3 Å². The number of hydrogen-bond donors (Lipinski definition) is 2. The van der Waals surface area contributed by atoms with Gasteiger partial charge in [0.05, 0.1) is 17.9 Å². The van der Waals surface area contributed by atoms with E-state index >= 15 is 0 Å². The Morgan fingerprint density at radius 2 is 2.00 bits per heavy atom. The van der Waals surface area contributed by atoms with Crippen molar-refractivity contribution in [1.82, 2.24) is 10.3 Å². The molecular formula is C25H27FN2O2S. The van der Waals surface area contributed by atoms with Crippen LogP contribution in [0.4, 0.5) is 4.39 Å². The average molecular weight is 439 g/mol. The molecule has 0 saturated heterocycles. The van der Waals surface area contributed by atoms with Gasteiger partial charge < -0.3 is 10.4 Å². The van der Waals surface area contributed by atoms with Crippen LogP contribution in [-0.4, -0.2) is 21.8 Å². The molecule has 2 aromatic carbocycles. The molecule has 0 unspecified atom stereocenters. The van der Waals surface area contributed by atoms with Crippen molar-refractivity contribution in [3.8, 4) is 11.3 Å². The van der Waals surface area contributed by atoms with E-state index in [-0.39, 0.29) is 24.9 Å². The molecule has 0 aliphatic rings. The quantitative estimate of drug-likeness (QED) is 0.465. The largest absolute Gasteiger partial charge is 0.392 e. The number of carbonyl (C=O) groups excluding carboxylic acids is 1. The summed E-state index contributed by atoms with van der Waals surface area (Å²) >= 11 is 1.63. The summed E-state index contributed by atoms with van der Waals surface area (Å²) in [5, 5.41) is 12.6. The summed E-state index contributed by atoms with van der Waals surface area (Å²) in [6, 6.07) is 14.2. The highest BCUT2D eigenvalue weighted by Crippen LogP contribution is 2.30. The van der Waals surface area contributed by atoms with Gasteiger partial charge in [0.2, 0.25) is 0 Å². The van der Waals surface area contributed by atoms with Crippen LogP contribution >= 0.6 is 11.8 Å². The van der Waals surface area contributed by atoms with Gasteiger partial charge in [0, 0.05) is 34.5 Å². The third-order valence-corrected chi connectivity index (χ3v) is 6.32. The zero-order valence-electron chi connectivity index (χ0n) is 18.0. The molecule has 31 heavy (non-hydrogen) atoms. The van der Waals surface area contributed by atoms with Crippen LogP contribution < -0.4 is 5.32 Å². The molecule has 0 spiro atoms. The van der Waals surface area contributed by atoms with Crippen molar-refractivity contribution in [1.29, 1.82) is 0 Å². The summed E-state index contributed by atoms with van der Waals surface area (Å²) < 4.78 is 13.8. The minimum absolute atomic E-state index is 0.131. The minimum Gasteiger partial charge on any atom is -0.392 e. The Hall–Kier alpha value is -2.70. The van der Waals surface area contributed by atoms with Gasteiger partial charge in [-0.05, 0) is 48.2 Å². The maximum absolute atomic E-state index is 13.8. The van der Waals surface area contributed by atoms with E-state index in [2.05, 4.69) is 24.1 Å². The molecule has 0 aliphatic carbocycles. The van der Waals surface area contributed by atoms with E-state index in [0.29, 0.717) is 33.9 Å². The number of thioether (sulfide) groups is 1. The van der Waals surface area contributed by atoms with Gasteiger partial charge in [-0.15, -0.1) is 11.8 Å². The number of aryl methyl sites for hydroxylation is 1. The van der Waals surface area contributed by atoms with Crippen molar-refractivity contribution in [3.05, 3.63) is 82.8 Å². The lowest BCUT2D eigenvalue weighted by Crippen LogP contribution is -2.23. The zero-order chi connectivity index (χ0) is 22.4. The number of aliphatic hydroxyl groups excluding tert-OH is 1. The molecule has 1 aromatic heterocycles. The van der Waals surface area contributed by atoms with Crippen LogP contribution in [0.1, 0.15) is 40.9 Å². The SMILES string of the molecule is Cc1ccc(CNC(=O)c2cc(-c3ncccc3CO)ccc2SCC(C)C)cc1F. The van der Waals surface area contributed by atoms with E-state index in [0.717, 1.165) is 16.2 Å². The number of aromatic nitrogens is 1. The smallest absolute Gasteiger partial charge is 0.252 e. The van der Waals surface area contributed by atoms with Gasteiger partial charge in [0.1, 0.15) is 5.82 Å². The summed E-state index contributed by atoms with van der Waals surface area (Å²) in [4.78, 5) is 18.4. The number of halogens is 1. The number of aliphatic hydroxyl groups is 1. The molecule has 2 N–H and O–H groups in total. The molecule has 0 aliphatic heterocycles. The van der Waals surface area contributed by atoms with Gasteiger partial charge in [-0.1, -0.05) is 38.1 Å². The zero-order valence-corrected chi connectivity index (χ0v) is 18.8. The Bertz CT molecular complexity index is 1070. The highest BCUT2D eigenvalue weighted by molar-refractivity contribution is 7.99. The van der Waals surface area contributed by atoms with Crippen molar-refractivity contribution < 1.29 is 14.3 Å². The Balaban J connectivity index is 1.90. The second-order valence-corrected chi connectivity index (χ2v) is 8.91. The van der Waals surface area contributed by atoms with Crippen LogP contribution in [0.5, 0.6) is 0 Å². The molecule has 3 rings (SSSR count). The highest BCUT2D eigenvalue weighted by Gasteiger charge is 2.16. The average Bonchev–Trinajstić information content (AvgIpc) is 2.78. The maximum atomic E-state index is 13.8. The summed E-state index contributed by atoms with van der Waals surface area (Å²) in [5.74, 6) is 0.853. The Kier molecular flexibility index (Phi) is 7.82. The lowest BCUT2D eigenvalue weighted by molar-refractivity contribution is 0.0948. The number of pyridine rings is 1. The molecule has 162 valence electrons. The first-order valence-corrected chi connectivity index (χ1v) is 11.2. The molecule has 0 atom stereocenters. The van der Waals surface area contributed by atoms with Crippen molar-refractivity contribution >= 4 is 17.7 Å². The predicted octanol–water partition coefficient (Wildman–Crippen LogP) is 5.37.